The normalized spacial score (nSPS) is 38.1. The smallest absolute Gasteiger partial charge is 0.0797 e. The molecule has 0 heterocycles. The average molecular weight is 290 g/mol. The highest BCUT2D eigenvalue weighted by atomic mass is 16.3. The molecule has 1 heteroatoms. The van der Waals surface area contributed by atoms with Crippen molar-refractivity contribution < 1.29 is 5.11 Å². The molecule has 1 N–H and O–H groups in total. The van der Waals surface area contributed by atoms with E-state index in [4.69, 9.17) is 0 Å². The van der Waals surface area contributed by atoms with Crippen LogP contribution in [0.2, 0.25) is 0 Å². The predicted octanol–water partition coefficient (Wildman–Crippen LogP) is 5.50. The summed E-state index contributed by atoms with van der Waals surface area (Å²) in [4.78, 5) is 0. The zero-order valence-corrected chi connectivity index (χ0v) is 14.7. The summed E-state index contributed by atoms with van der Waals surface area (Å²) in [6, 6.07) is 0. The fraction of sp³-hybridized carbons (Fsp3) is 0.800. The number of fused-ring (bicyclic) bond motifs is 1. The Bertz CT molecular complexity index is 429. The lowest BCUT2D eigenvalue weighted by atomic mass is 9.48. The van der Waals surface area contributed by atoms with Crippen LogP contribution in [0.3, 0.4) is 0 Å². The summed E-state index contributed by atoms with van der Waals surface area (Å²) < 4.78 is 0. The van der Waals surface area contributed by atoms with E-state index in [2.05, 4.69) is 40.3 Å². The Kier molecular flexibility index (Phi) is 4.46. The van der Waals surface area contributed by atoms with Gasteiger partial charge in [0.25, 0.3) is 0 Å². The minimum absolute atomic E-state index is 0.401. The van der Waals surface area contributed by atoms with E-state index < -0.39 is 5.60 Å². The molecule has 0 amide bonds. The predicted molar refractivity (Wildman–Crippen MR) is 91.1 cm³/mol. The van der Waals surface area contributed by atoms with Crippen LogP contribution < -0.4 is 0 Å². The molecule has 2 rings (SSSR count). The first-order chi connectivity index (χ1) is 9.62. The summed E-state index contributed by atoms with van der Waals surface area (Å²) in [6.45, 7) is 15.4. The van der Waals surface area contributed by atoms with E-state index in [1.165, 1.54) is 25.7 Å². The highest BCUT2D eigenvalue weighted by Crippen LogP contribution is 2.60. The van der Waals surface area contributed by atoms with Gasteiger partial charge in [-0.15, -0.1) is 6.58 Å². The molecule has 2 aliphatic rings. The molecule has 0 saturated heterocycles. The molecule has 1 fully saturated rings. The van der Waals surface area contributed by atoms with Gasteiger partial charge in [0.2, 0.25) is 0 Å². The fourth-order valence-electron chi connectivity index (χ4n) is 5.23. The van der Waals surface area contributed by atoms with E-state index in [1.54, 1.807) is 11.6 Å². The molecule has 1 saturated carbocycles. The van der Waals surface area contributed by atoms with Crippen LogP contribution in [0.25, 0.3) is 0 Å². The molecule has 0 aromatic rings. The van der Waals surface area contributed by atoms with Gasteiger partial charge >= 0.3 is 0 Å². The van der Waals surface area contributed by atoms with Gasteiger partial charge < -0.3 is 5.11 Å². The number of hydrogen-bond donors (Lipinski definition) is 1. The molecule has 4 atom stereocenters. The van der Waals surface area contributed by atoms with Gasteiger partial charge in [-0.3, -0.25) is 0 Å². The standard InChI is InChI=1S/C20H34O/c1-7-19(5,21)14-11-16-15(2)9-10-17-18(3,4)12-8-13-20(16,17)6/h7,9,16-17,21H,1,8,10-14H2,2-6H3/t16-,17-,19+,20-/m0/s1. The molecular formula is C20H34O. The fourth-order valence-corrected chi connectivity index (χ4v) is 5.23. The van der Waals surface area contributed by atoms with Crippen LogP contribution in [0.15, 0.2) is 24.3 Å². The van der Waals surface area contributed by atoms with Crippen molar-refractivity contribution in [2.75, 3.05) is 0 Å². The van der Waals surface area contributed by atoms with Crippen molar-refractivity contribution in [3.63, 3.8) is 0 Å². The van der Waals surface area contributed by atoms with E-state index >= 15 is 0 Å². The maximum absolute atomic E-state index is 10.3. The summed E-state index contributed by atoms with van der Waals surface area (Å²) in [5.41, 5.74) is 1.67. The van der Waals surface area contributed by atoms with Crippen LogP contribution in [0.1, 0.15) is 73.1 Å². The van der Waals surface area contributed by atoms with E-state index in [-0.39, 0.29) is 0 Å². The van der Waals surface area contributed by atoms with Crippen LogP contribution in [0.4, 0.5) is 0 Å². The minimum atomic E-state index is -0.728. The van der Waals surface area contributed by atoms with Crippen LogP contribution in [0, 0.1) is 22.7 Å². The third-order valence-electron chi connectivity index (χ3n) is 6.68. The lowest BCUT2D eigenvalue weighted by Gasteiger charge is -2.57. The molecule has 120 valence electrons. The second-order valence-corrected chi connectivity index (χ2v) is 8.74. The van der Waals surface area contributed by atoms with Crippen LogP contribution in [-0.4, -0.2) is 10.7 Å². The summed E-state index contributed by atoms with van der Waals surface area (Å²) in [5.74, 6) is 1.39. The molecular weight excluding hydrogens is 256 g/mol. The Morgan fingerprint density at radius 2 is 2.05 bits per heavy atom. The highest BCUT2D eigenvalue weighted by molar-refractivity contribution is 5.18. The van der Waals surface area contributed by atoms with Gasteiger partial charge in [-0.05, 0) is 68.6 Å². The minimum Gasteiger partial charge on any atom is -0.386 e. The molecule has 0 aliphatic heterocycles. The molecule has 0 aromatic heterocycles. The van der Waals surface area contributed by atoms with Gasteiger partial charge in [0.1, 0.15) is 0 Å². The maximum Gasteiger partial charge on any atom is 0.0797 e. The van der Waals surface area contributed by atoms with E-state index in [0.29, 0.717) is 16.7 Å². The van der Waals surface area contributed by atoms with Crippen molar-refractivity contribution in [2.24, 2.45) is 22.7 Å². The molecule has 0 aromatic carbocycles. The largest absolute Gasteiger partial charge is 0.386 e. The third kappa shape index (κ3) is 3.13. The molecule has 2 aliphatic carbocycles. The first kappa shape index (κ1) is 16.8. The van der Waals surface area contributed by atoms with Gasteiger partial charge in [-0.2, -0.15) is 0 Å². The van der Waals surface area contributed by atoms with Gasteiger partial charge in [0.05, 0.1) is 5.60 Å². The Labute approximate surface area is 131 Å². The summed E-state index contributed by atoms with van der Waals surface area (Å²) in [5, 5.41) is 10.3. The Hall–Kier alpha value is -0.560. The van der Waals surface area contributed by atoms with Crippen LogP contribution in [-0.2, 0) is 0 Å². The van der Waals surface area contributed by atoms with Crippen LogP contribution >= 0.6 is 0 Å². The van der Waals surface area contributed by atoms with Crippen molar-refractivity contribution in [1.29, 1.82) is 0 Å². The molecule has 21 heavy (non-hydrogen) atoms. The van der Waals surface area contributed by atoms with Crippen molar-refractivity contribution in [1.82, 2.24) is 0 Å². The van der Waals surface area contributed by atoms with Gasteiger partial charge in [0.15, 0.2) is 0 Å². The molecule has 0 spiro atoms. The third-order valence-corrected chi connectivity index (χ3v) is 6.68. The van der Waals surface area contributed by atoms with Gasteiger partial charge in [-0.25, -0.2) is 0 Å². The second-order valence-electron chi connectivity index (χ2n) is 8.74. The van der Waals surface area contributed by atoms with Crippen molar-refractivity contribution >= 4 is 0 Å². The Morgan fingerprint density at radius 1 is 1.38 bits per heavy atom. The second kappa shape index (κ2) is 5.57. The zero-order chi connectivity index (χ0) is 15.9. The Morgan fingerprint density at radius 3 is 2.67 bits per heavy atom. The number of hydrogen-bond acceptors (Lipinski definition) is 1. The van der Waals surface area contributed by atoms with Crippen LogP contribution in [0.5, 0.6) is 0 Å². The molecule has 0 unspecified atom stereocenters. The lowest BCUT2D eigenvalue weighted by molar-refractivity contribution is -0.0440. The Balaban J connectivity index is 2.24. The molecule has 0 bridgehead atoms. The highest BCUT2D eigenvalue weighted by Gasteiger charge is 2.51. The van der Waals surface area contributed by atoms with E-state index in [9.17, 15) is 5.11 Å². The summed E-state index contributed by atoms with van der Waals surface area (Å²) in [7, 11) is 0. The molecule has 1 nitrogen and oxygen atoms in total. The monoisotopic (exact) mass is 290 g/mol. The van der Waals surface area contributed by atoms with Gasteiger partial charge in [-0.1, -0.05) is 44.9 Å². The number of rotatable bonds is 4. The SMILES string of the molecule is C=C[C@@](C)(O)CC[C@H]1C(C)=CC[C@H]2C(C)(C)CCC[C@@]12C. The maximum atomic E-state index is 10.3. The first-order valence-corrected chi connectivity index (χ1v) is 8.65. The van der Waals surface area contributed by atoms with Gasteiger partial charge in [0, 0.05) is 0 Å². The average Bonchev–Trinajstić information content (AvgIpc) is 2.36. The van der Waals surface area contributed by atoms with Crippen molar-refractivity contribution in [3.05, 3.63) is 24.3 Å². The molecule has 0 radical (unpaired) electrons. The summed E-state index contributed by atoms with van der Waals surface area (Å²) in [6.07, 6.45) is 11.3. The van der Waals surface area contributed by atoms with E-state index in [1.807, 2.05) is 6.92 Å². The van der Waals surface area contributed by atoms with E-state index in [0.717, 1.165) is 18.8 Å². The summed E-state index contributed by atoms with van der Waals surface area (Å²) >= 11 is 0. The van der Waals surface area contributed by atoms with Crippen molar-refractivity contribution in [3.8, 4) is 0 Å². The topological polar surface area (TPSA) is 20.2 Å². The quantitative estimate of drug-likeness (QED) is 0.678. The lowest BCUT2D eigenvalue weighted by Crippen LogP contribution is -2.48. The number of aliphatic hydroxyl groups is 1. The zero-order valence-electron chi connectivity index (χ0n) is 14.7. The number of allylic oxidation sites excluding steroid dienone is 2. The first-order valence-electron chi connectivity index (χ1n) is 8.65. The van der Waals surface area contributed by atoms with Crippen molar-refractivity contribution in [2.45, 2.75) is 78.7 Å².